The summed E-state index contributed by atoms with van der Waals surface area (Å²) in [4.78, 5) is 1.59. The Labute approximate surface area is 108 Å². The van der Waals surface area contributed by atoms with Gasteiger partial charge in [-0.3, -0.25) is 0 Å². The van der Waals surface area contributed by atoms with Crippen molar-refractivity contribution in [3.05, 3.63) is 30.3 Å². The van der Waals surface area contributed by atoms with E-state index in [0.717, 1.165) is 5.25 Å². The van der Waals surface area contributed by atoms with Gasteiger partial charge >= 0.3 is 7.25 Å². The minimum Gasteiger partial charge on any atom is -0.418 e. The predicted molar refractivity (Wildman–Crippen MR) is 70.4 cm³/mol. The minimum absolute atomic E-state index is 0.572. The molecule has 102 valence electrons. The molecule has 1 aliphatic carbocycles. The van der Waals surface area contributed by atoms with Gasteiger partial charge in [0.25, 0.3) is 0 Å². The third-order valence-electron chi connectivity index (χ3n) is 2.40. The lowest BCUT2D eigenvalue weighted by molar-refractivity contribution is 0.368. The standard InChI is InChI=1S/C12H17S.BF4/c1-2-10-13(12-8-9-12)11-6-4-3-5-7-11;2-1(3,4)5/h3-7,12H,2,8-10H2,1H3;/q+1;-1. The molecule has 0 saturated heterocycles. The van der Waals surface area contributed by atoms with Crippen LogP contribution in [-0.2, 0) is 10.9 Å². The van der Waals surface area contributed by atoms with E-state index in [1.165, 1.54) is 25.0 Å². The van der Waals surface area contributed by atoms with E-state index in [4.69, 9.17) is 0 Å². The molecule has 0 N–H and O–H groups in total. The van der Waals surface area contributed by atoms with Crippen molar-refractivity contribution >= 4 is 18.1 Å². The third-order valence-corrected chi connectivity index (χ3v) is 5.40. The molecule has 0 aliphatic heterocycles. The lowest BCUT2D eigenvalue weighted by Gasteiger charge is -2.05. The van der Waals surface area contributed by atoms with Gasteiger partial charge in [0, 0.05) is 23.7 Å². The highest BCUT2D eigenvalue weighted by Crippen LogP contribution is 2.35. The average molecular weight is 280 g/mol. The van der Waals surface area contributed by atoms with Gasteiger partial charge in [-0.25, -0.2) is 0 Å². The van der Waals surface area contributed by atoms with Gasteiger partial charge in [-0.2, -0.15) is 0 Å². The highest BCUT2D eigenvalue weighted by Gasteiger charge is 2.40. The summed E-state index contributed by atoms with van der Waals surface area (Å²) in [5.41, 5.74) is 0. The summed E-state index contributed by atoms with van der Waals surface area (Å²) in [6, 6.07) is 11.1. The van der Waals surface area contributed by atoms with E-state index in [0.29, 0.717) is 10.9 Å². The van der Waals surface area contributed by atoms with Gasteiger partial charge in [-0.15, -0.1) is 0 Å². The van der Waals surface area contributed by atoms with Crippen LogP contribution in [0.3, 0.4) is 0 Å². The monoisotopic (exact) mass is 280 g/mol. The summed E-state index contributed by atoms with van der Waals surface area (Å²) in [6.45, 7) is 2.30. The van der Waals surface area contributed by atoms with Crippen molar-refractivity contribution in [3.63, 3.8) is 0 Å². The smallest absolute Gasteiger partial charge is 0.418 e. The molecule has 1 atom stereocenters. The first kappa shape index (κ1) is 15.4. The van der Waals surface area contributed by atoms with E-state index in [1.54, 1.807) is 4.90 Å². The molecular formula is C12H17BF4S. The van der Waals surface area contributed by atoms with Gasteiger partial charge in [0.15, 0.2) is 4.90 Å². The lowest BCUT2D eigenvalue weighted by Crippen LogP contribution is -2.12. The molecule has 0 radical (unpaired) electrons. The summed E-state index contributed by atoms with van der Waals surface area (Å²) in [7, 11) is -5.43. The first-order valence-electron chi connectivity index (χ1n) is 6.04. The maximum Gasteiger partial charge on any atom is 0.673 e. The van der Waals surface area contributed by atoms with E-state index >= 15 is 0 Å². The molecule has 1 aromatic carbocycles. The zero-order valence-corrected chi connectivity index (χ0v) is 11.1. The molecule has 0 aromatic heterocycles. The van der Waals surface area contributed by atoms with Crippen LogP contribution in [0.1, 0.15) is 26.2 Å². The van der Waals surface area contributed by atoms with Crippen LogP contribution in [0.25, 0.3) is 0 Å². The van der Waals surface area contributed by atoms with Crippen molar-refractivity contribution in [1.29, 1.82) is 0 Å². The van der Waals surface area contributed by atoms with Crippen LogP contribution in [0.4, 0.5) is 17.3 Å². The summed E-state index contributed by atoms with van der Waals surface area (Å²) in [6.07, 6.45) is 4.27. The fourth-order valence-corrected chi connectivity index (χ4v) is 4.25. The zero-order valence-electron chi connectivity index (χ0n) is 10.3. The second-order valence-corrected chi connectivity index (χ2v) is 6.54. The molecule has 18 heavy (non-hydrogen) atoms. The quantitative estimate of drug-likeness (QED) is 0.431. The van der Waals surface area contributed by atoms with Gasteiger partial charge in [0.1, 0.15) is 11.0 Å². The van der Waals surface area contributed by atoms with Crippen molar-refractivity contribution in [2.24, 2.45) is 0 Å². The second-order valence-electron chi connectivity index (χ2n) is 4.14. The SMILES string of the molecule is CCC[S+](c1ccccc1)C1CC1.F[B-](F)(F)F. The van der Waals surface area contributed by atoms with Crippen LogP contribution in [0.2, 0.25) is 0 Å². The predicted octanol–water partition coefficient (Wildman–Crippen LogP) is 4.54. The lowest BCUT2D eigenvalue weighted by atomic mass is 10.3. The van der Waals surface area contributed by atoms with Crippen molar-refractivity contribution < 1.29 is 17.3 Å². The average Bonchev–Trinajstić information content (AvgIpc) is 3.09. The number of hydrogen-bond donors (Lipinski definition) is 0. The summed E-state index contributed by atoms with van der Waals surface area (Å²) < 4.78 is 39.0. The van der Waals surface area contributed by atoms with Crippen LogP contribution in [0.15, 0.2) is 35.2 Å². The molecular weight excluding hydrogens is 263 g/mol. The Kier molecular flexibility index (Phi) is 6.05. The van der Waals surface area contributed by atoms with Gasteiger partial charge in [-0.1, -0.05) is 25.1 Å². The molecule has 0 nitrogen and oxygen atoms in total. The van der Waals surface area contributed by atoms with Crippen LogP contribution in [0, 0.1) is 0 Å². The summed E-state index contributed by atoms with van der Waals surface area (Å²) >= 11 is 0. The fourth-order valence-electron chi connectivity index (χ4n) is 1.64. The molecule has 1 saturated carbocycles. The van der Waals surface area contributed by atoms with E-state index in [-0.39, 0.29) is 0 Å². The maximum absolute atomic E-state index is 9.75. The van der Waals surface area contributed by atoms with Crippen LogP contribution < -0.4 is 0 Å². The molecule has 2 rings (SSSR count). The molecule has 0 bridgehead atoms. The Morgan fingerprint density at radius 3 is 2.00 bits per heavy atom. The van der Waals surface area contributed by atoms with E-state index in [1.807, 2.05) is 0 Å². The Hall–Kier alpha value is -0.645. The maximum atomic E-state index is 9.75. The van der Waals surface area contributed by atoms with Crippen molar-refractivity contribution in [2.45, 2.75) is 36.3 Å². The number of benzene rings is 1. The molecule has 1 unspecified atom stereocenters. The van der Waals surface area contributed by atoms with Crippen LogP contribution in [0.5, 0.6) is 0 Å². The molecule has 0 spiro atoms. The first-order valence-corrected chi connectivity index (χ1v) is 7.49. The molecule has 0 amide bonds. The van der Waals surface area contributed by atoms with Gasteiger partial charge < -0.3 is 17.3 Å². The van der Waals surface area contributed by atoms with Gasteiger partial charge in [0.05, 0.1) is 0 Å². The molecule has 6 heteroatoms. The van der Waals surface area contributed by atoms with Crippen LogP contribution in [-0.4, -0.2) is 18.3 Å². The van der Waals surface area contributed by atoms with Crippen molar-refractivity contribution in [2.75, 3.05) is 5.75 Å². The van der Waals surface area contributed by atoms with Gasteiger partial charge in [0.2, 0.25) is 0 Å². The molecule has 1 aliphatic rings. The molecule has 1 aromatic rings. The minimum atomic E-state index is -6.00. The Morgan fingerprint density at radius 1 is 1.11 bits per heavy atom. The Bertz CT molecular complexity index is 332. The third kappa shape index (κ3) is 6.94. The van der Waals surface area contributed by atoms with Crippen molar-refractivity contribution in [3.8, 4) is 0 Å². The zero-order chi connectivity index (χ0) is 13.6. The highest BCUT2D eigenvalue weighted by atomic mass is 32.2. The largest absolute Gasteiger partial charge is 0.673 e. The molecule has 0 heterocycles. The van der Waals surface area contributed by atoms with E-state index in [9.17, 15) is 17.3 Å². The van der Waals surface area contributed by atoms with Gasteiger partial charge in [-0.05, 0) is 18.6 Å². The number of hydrogen-bond acceptors (Lipinski definition) is 0. The van der Waals surface area contributed by atoms with E-state index < -0.39 is 7.25 Å². The van der Waals surface area contributed by atoms with Crippen LogP contribution >= 0.6 is 0 Å². The summed E-state index contributed by atoms with van der Waals surface area (Å²) in [5, 5.41) is 1.03. The number of halogens is 4. The van der Waals surface area contributed by atoms with Crippen molar-refractivity contribution in [1.82, 2.24) is 0 Å². The Morgan fingerprint density at radius 2 is 1.61 bits per heavy atom. The second kappa shape index (κ2) is 7.07. The normalized spacial score (nSPS) is 16.7. The summed E-state index contributed by atoms with van der Waals surface area (Å²) in [5.74, 6) is 1.40. The van der Waals surface area contributed by atoms with E-state index in [2.05, 4.69) is 37.3 Å². The Balaban J connectivity index is 0.000000280. The number of rotatable bonds is 4. The topological polar surface area (TPSA) is 0 Å². The fraction of sp³-hybridized carbons (Fsp3) is 0.500. The highest BCUT2D eigenvalue weighted by molar-refractivity contribution is 7.97. The first-order chi connectivity index (χ1) is 8.42. The molecule has 1 fully saturated rings.